The van der Waals surface area contributed by atoms with E-state index in [0.717, 1.165) is 0 Å². The molecule has 8 heteroatoms. The molecule has 0 saturated heterocycles. The normalized spacial score (nSPS) is 11.2. The molecule has 0 unspecified atom stereocenters. The molecular formula is C10H12ClFO5S. The van der Waals surface area contributed by atoms with Crippen molar-refractivity contribution in [1.29, 1.82) is 0 Å². The summed E-state index contributed by atoms with van der Waals surface area (Å²) < 4.78 is 50.9. The minimum atomic E-state index is -3.94. The van der Waals surface area contributed by atoms with Crippen LogP contribution in [0.3, 0.4) is 0 Å². The molecule has 1 rings (SSSR count). The third kappa shape index (κ3) is 3.17. The Balaban J connectivity index is 3.52. The molecular weight excluding hydrogens is 287 g/mol. The van der Waals surface area contributed by atoms with E-state index in [4.69, 9.17) is 24.9 Å². The smallest absolute Gasteiger partial charge is 0.237 e. The lowest BCUT2D eigenvalue weighted by atomic mass is 10.1. The van der Waals surface area contributed by atoms with Gasteiger partial charge in [-0.25, -0.2) is 12.8 Å². The molecule has 102 valence electrons. The van der Waals surface area contributed by atoms with Gasteiger partial charge in [-0.3, -0.25) is 0 Å². The standard InChI is InChI=1S/C10H12ClFO5S/c1-15-7-4-8(16-2)10(17-3)6(9(7)12)5-18(11,13)14/h4H,5H2,1-3H3. The number of rotatable bonds is 5. The molecule has 0 aliphatic rings. The van der Waals surface area contributed by atoms with Crippen LogP contribution in [0.25, 0.3) is 0 Å². The number of ether oxygens (including phenoxy) is 3. The van der Waals surface area contributed by atoms with Crippen molar-refractivity contribution in [3.63, 3.8) is 0 Å². The van der Waals surface area contributed by atoms with Crippen LogP contribution in [0.5, 0.6) is 17.2 Å². The fraction of sp³-hybridized carbons (Fsp3) is 0.400. The van der Waals surface area contributed by atoms with Gasteiger partial charge < -0.3 is 14.2 Å². The molecule has 0 aliphatic heterocycles. The number of halogens is 2. The number of methoxy groups -OCH3 is 3. The lowest BCUT2D eigenvalue weighted by Gasteiger charge is -2.15. The van der Waals surface area contributed by atoms with Crippen molar-refractivity contribution in [2.24, 2.45) is 0 Å². The maximum atomic E-state index is 14.0. The first kappa shape index (κ1) is 14.8. The van der Waals surface area contributed by atoms with E-state index in [9.17, 15) is 12.8 Å². The summed E-state index contributed by atoms with van der Waals surface area (Å²) in [5, 5.41) is 0. The van der Waals surface area contributed by atoms with Crippen LogP contribution in [0.15, 0.2) is 6.07 Å². The third-order valence-electron chi connectivity index (χ3n) is 2.20. The second kappa shape index (κ2) is 5.62. The summed E-state index contributed by atoms with van der Waals surface area (Å²) >= 11 is 0. The van der Waals surface area contributed by atoms with Gasteiger partial charge in [0.05, 0.1) is 32.6 Å². The first-order valence-electron chi connectivity index (χ1n) is 4.73. The monoisotopic (exact) mass is 298 g/mol. The van der Waals surface area contributed by atoms with Gasteiger partial charge in [-0.05, 0) is 0 Å². The average molecular weight is 299 g/mol. The van der Waals surface area contributed by atoms with Crippen molar-refractivity contribution in [3.05, 3.63) is 17.4 Å². The van der Waals surface area contributed by atoms with Crippen molar-refractivity contribution < 1.29 is 27.0 Å². The summed E-state index contributed by atoms with van der Waals surface area (Å²) in [4.78, 5) is 0. The molecule has 0 radical (unpaired) electrons. The van der Waals surface area contributed by atoms with Crippen LogP contribution < -0.4 is 14.2 Å². The van der Waals surface area contributed by atoms with Crippen LogP contribution in [0.4, 0.5) is 4.39 Å². The first-order chi connectivity index (χ1) is 8.34. The highest BCUT2D eigenvalue weighted by molar-refractivity contribution is 8.13. The van der Waals surface area contributed by atoms with Crippen molar-refractivity contribution in [1.82, 2.24) is 0 Å². The molecule has 1 aromatic carbocycles. The molecule has 0 amide bonds. The van der Waals surface area contributed by atoms with Crippen LogP contribution in [0.1, 0.15) is 5.56 Å². The fourth-order valence-electron chi connectivity index (χ4n) is 1.47. The molecule has 0 aliphatic carbocycles. The third-order valence-corrected chi connectivity index (χ3v) is 3.16. The summed E-state index contributed by atoms with van der Waals surface area (Å²) in [6.45, 7) is 0. The summed E-state index contributed by atoms with van der Waals surface area (Å²) in [7, 11) is 5.05. The van der Waals surface area contributed by atoms with Gasteiger partial charge in [-0.2, -0.15) is 0 Å². The SMILES string of the molecule is COc1cc(OC)c(OC)c(CS(=O)(=O)Cl)c1F. The Labute approximate surface area is 109 Å². The van der Waals surface area contributed by atoms with E-state index in [0.29, 0.717) is 0 Å². The van der Waals surface area contributed by atoms with Gasteiger partial charge in [-0.15, -0.1) is 0 Å². The van der Waals surface area contributed by atoms with Gasteiger partial charge in [0.15, 0.2) is 23.1 Å². The second-order valence-corrected chi connectivity index (χ2v) is 6.07. The van der Waals surface area contributed by atoms with Crippen LogP contribution in [0.2, 0.25) is 0 Å². The Bertz CT molecular complexity index is 544. The van der Waals surface area contributed by atoms with E-state index >= 15 is 0 Å². The molecule has 1 aromatic rings. The van der Waals surface area contributed by atoms with Crippen LogP contribution >= 0.6 is 10.7 Å². The van der Waals surface area contributed by atoms with Gasteiger partial charge in [0.2, 0.25) is 9.05 Å². The quantitative estimate of drug-likeness (QED) is 0.777. The highest BCUT2D eigenvalue weighted by atomic mass is 35.7. The number of hydrogen-bond acceptors (Lipinski definition) is 5. The van der Waals surface area contributed by atoms with E-state index in [1.807, 2.05) is 0 Å². The molecule has 5 nitrogen and oxygen atoms in total. The summed E-state index contributed by atoms with van der Waals surface area (Å²) in [6, 6.07) is 1.26. The average Bonchev–Trinajstić information content (AvgIpc) is 2.29. The van der Waals surface area contributed by atoms with Crippen LogP contribution in [-0.2, 0) is 14.8 Å². The maximum Gasteiger partial charge on any atom is 0.237 e. The summed E-state index contributed by atoms with van der Waals surface area (Å²) in [5.74, 6) is -1.59. The second-order valence-electron chi connectivity index (χ2n) is 3.29. The van der Waals surface area contributed by atoms with Gasteiger partial charge in [-0.1, -0.05) is 0 Å². The Morgan fingerprint density at radius 1 is 1.17 bits per heavy atom. The van der Waals surface area contributed by atoms with E-state index in [2.05, 4.69) is 0 Å². The van der Waals surface area contributed by atoms with E-state index < -0.39 is 20.6 Å². The predicted octanol–water partition coefficient (Wildman–Crippen LogP) is 1.92. The Kier molecular flexibility index (Phi) is 4.64. The minimum absolute atomic E-state index is 0.0278. The topological polar surface area (TPSA) is 61.8 Å². The first-order valence-corrected chi connectivity index (χ1v) is 7.21. The van der Waals surface area contributed by atoms with Crippen LogP contribution in [-0.4, -0.2) is 29.7 Å². The predicted molar refractivity (Wildman–Crippen MR) is 64.5 cm³/mol. The number of benzene rings is 1. The van der Waals surface area contributed by atoms with E-state index in [1.54, 1.807) is 0 Å². The lowest BCUT2D eigenvalue weighted by Crippen LogP contribution is -2.05. The lowest BCUT2D eigenvalue weighted by molar-refractivity contribution is 0.336. The highest BCUT2D eigenvalue weighted by Gasteiger charge is 2.24. The Hall–Kier alpha value is -1.21. The van der Waals surface area contributed by atoms with Crippen molar-refractivity contribution in [3.8, 4) is 17.2 Å². The van der Waals surface area contributed by atoms with Crippen molar-refractivity contribution in [2.45, 2.75) is 5.75 Å². The molecule has 0 fully saturated rings. The summed E-state index contributed by atoms with van der Waals surface area (Å²) in [5.41, 5.74) is -0.233. The number of hydrogen-bond donors (Lipinski definition) is 0. The Morgan fingerprint density at radius 3 is 2.11 bits per heavy atom. The minimum Gasteiger partial charge on any atom is -0.494 e. The molecule has 0 bridgehead atoms. The molecule has 0 aromatic heterocycles. The molecule has 0 saturated carbocycles. The molecule has 0 spiro atoms. The van der Waals surface area contributed by atoms with E-state index in [-0.39, 0.29) is 22.8 Å². The summed E-state index contributed by atoms with van der Waals surface area (Å²) in [6.07, 6.45) is 0. The molecule has 0 heterocycles. The van der Waals surface area contributed by atoms with Gasteiger partial charge >= 0.3 is 0 Å². The van der Waals surface area contributed by atoms with Gasteiger partial charge in [0, 0.05) is 16.7 Å². The zero-order valence-corrected chi connectivity index (χ0v) is 11.6. The Morgan fingerprint density at radius 2 is 1.72 bits per heavy atom. The van der Waals surface area contributed by atoms with Gasteiger partial charge in [0.25, 0.3) is 0 Å². The van der Waals surface area contributed by atoms with Crippen molar-refractivity contribution >= 4 is 19.7 Å². The van der Waals surface area contributed by atoms with Gasteiger partial charge in [0.1, 0.15) is 0 Å². The largest absolute Gasteiger partial charge is 0.494 e. The molecule has 0 N–H and O–H groups in total. The molecule has 0 atom stereocenters. The fourth-order valence-corrected chi connectivity index (χ4v) is 2.40. The van der Waals surface area contributed by atoms with E-state index in [1.165, 1.54) is 27.4 Å². The zero-order chi connectivity index (χ0) is 13.9. The highest BCUT2D eigenvalue weighted by Crippen LogP contribution is 2.39. The molecule has 18 heavy (non-hydrogen) atoms. The van der Waals surface area contributed by atoms with Crippen molar-refractivity contribution in [2.75, 3.05) is 21.3 Å². The van der Waals surface area contributed by atoms with Crippen LogP contribution in [0, 0.1) is 5.82 Å². The zero-order valence-electron chi connectivity index (χ0n) is 9.99. The maximum absolute atomic E-state index is 14.0.